The van der Waals surface area contributed by atoms with Crippen molar-refractivity contribution >= 4 is 11.8 Å². The Morgan fingerprint density at radius 1 is 1.22 bits per heavy atom. The minimum atomic E-state index is 0.466. The number of hydrogen-bond acceptors (Lipinski definition) is 3. The fourth-order valence-corrected chi connectivity index (χ4v) is 3.99. The maximum atomic E-state index is 3.40. The lowest BCUT2D eigenvalue weighted by Crippen LogP contribution is -2.43. The molecule has 0 amide bonds. The van der Waals surface area contributed by atoms with Crippen LogP contribution >= 0.6 is 11.8 Å². The molecule has 1 rings (SSSR count). The van der Waals surface area contributed by atoms with Crippen LogP contribution in [0, 0.1) is 5.41 Å². The Labute approximate surface area is 118 Å². The average Bonchev–Trinajstić information content (AvgIpc) is 2.50. The minimum Gasteiger partial charge on any atom is -0.319 e. The van der Waals surface area contributed by atoms with Gasteiger partial charge in [0.2, 0.25) is 0 Å². The molecule has 0 aromatic heterocycles. The molecule has 1 aliphatic heterocycles. The van der Waals surface area contributed by atoms with Crippen LogP contribution in [0.3, 0.4) is 0 Å². The van der Waals surface area contributed by atoms with Crippen molar-refractivity contribution in [3.8, 4) is 0 Å². The number of nitrogens with one attached hydrogen (secondary N) is 1. The van der Waals surface area contributed by atoms with Gasteiger partial charge in [-0.3, -0.25) is 0 Å². The van der Waals surface area contributed by atoms with Crippen LogP contribution in [0.25, 0.3) is 0 Å². The van der Waals surface area contributed by atoms with E-state index in [9.17, 15) is 0 Å². The zero-order valence-electron chi connectivity index (χ0n) is 13.0. The van der Waals surface area contributed by atoms with E-state index in [1.54, 1.807) is 0 Å². The number of rotatable bonds is 6. The molecule has 0 spiro atoms. The van der Waals surface area contributed by atoms with Crippen LogP contribution in [0.1, 0.15) is 47.0 Å². The van der Waals surface area contributed by atoms with Crippen LogP contribution in [0.5, 0.6) is 0 Å². The quantitative estimate of drug-likeness (QED) is 0.799. The van der Waals surface area contributed by atoms with Crippen molar-refractivity contribution in [2.45, 2.75) is 51.7 Å². The predicted molar refractivity (Wildman–Crippen MR) is 84.5 cm³/mol. The Kier molecular flexibility index (Phi) is 6.49. The Balaban J connectivity index is 2.58. The molecule has 1 heterocycles. The Morgan fingerprint density at radius 2 is 1.89 bits per heavy atom. The van der Waals surface area contributed by atoms with E-state index < -0.39 is 0 Å². The van der Waals surface area contributed by atoms with Crippen molar-refractivity contribution in [3.63, 3.8) is 0 Å². The van der Waals surface area contributed by atoms with Gasteiger partial charge in [-0.25, -0.2) is 0 Å². The van der Waals surface area contributed by atoms with Gasteiger partial charge in [-0.05, 0) is 38.3 Å². The number of thioether (sulfide) groups is 1. The number of hydrogen-bond donors (Lipinski definition) is 1. The van der Waals surface area contributed by atoms with E-state index in [2.05, 4.69) is 56.7 Å². The third kappa shape index (κ3) is 4.75. The lowest BCUT2D eigenvalue weighted by atomic mass is 9.81. The van der Waals surface area contributed by atoms with Gasteiger partial charge in [-0.2, -0.15) is 11.8 Å². The van der Waals surface area contributed by atoms with Gasteiger partial charge in [0, 0.05) is 30.1 Å². The molecule has 1 N–H and O–H groups in total. The van der Waals surface area contributed by atoms with Crippen molar-refractivity contribution in [1.29, 1.82) is 0 Å². The lowest BCUT2D eigenvalue weighted by Gasteiger charge is -2.37. The SMILES string of the molecule is CCC(CC)(CNC)CN1CCSC(C)(C)CC1. The van der Waals surface area contributed by atoms with Crippen molar-refractivity contribution in [3.05, 3.63) is 0 Å². The van der Waals surface area contributed by atoms with Gasteiger partial charge in [0.05, 0.1) is 0 Å². The topological polar surface area (TPSA) is 15.3 Å². The van der Waals surface area contributed by atoms with Crippen LogP contribution in [-0.4, -0.2) is 48.6 Å². The predicted octanol–water partition coefficient (Wildman–Crippen LogP) is 3.23. The minimum absolute atomic E-state index is 0.466. The summed E-state index contributed by atoms with van der Waals surface area (Å²) in [5.41, 5.74) is 0.466. The summed E-state index contributed by atoms with van der Waals surface area (Å²) in [6.07, 6.45) is 3.87. The summed E-state index contributed by atoms with van der Waals surface area (Å²) in [5.74, 6) is 1.29. The van der Waals surface area contributed by atoms with Crippen molar-refractivity contribution in [2.24, 2.45) is 5.41 Å². The molecule has 0 bridgehead atoms. The van der Waals surface area contributed by atoms with Crippen LogP contribution in [0.4, 0.5) is 0 Å². The van der Waals surface area contributed by atoms with E-state index >= 15 is 0 Å². The Hall–Kier alpha value is 0.270. The van der Waals surface area contributed by atoms with E-state index in [-0.39, 0.29) is 0 Å². The maximum absolute atomic E-state index is 3.40. The zero-order valence-corrected chi connectivity index (χ0v) is 13.8. The molecule has 0 atom stereocenters. The molecule has 0 saturated carbocycles. The second kappa shape index (κ2) is 7.16. The summed E-state index contributed by atoms with van der Waals surface area (Å²) in [4.78, 5) is 2.70. The van der Waals surface area contributed by atoms with Crippen molar-refractivity contribution < 1.29 is 0 Å². The second-order valence-electron chi connectivity index (χ2n) is 6.37. The highest BCUT2D eigenvalue weighted by Crippen LogP contribution is 2.33. The van der Waals surface area contributed by atoms with Gasteiger partial charge >= 0.3 is 0 Å². The summed E-state index contributed by atoms with van der Waals surface area (Å²) in [6.45, 7) is 14.4. The highest BCUT2D eigenvalue weighted by Gasteiger charge is 2.30. The van der Waals surface area contributed by atoms with Crippen molar-refractivity contribution in [2.75, 3.05) is 39.0 Å². The van der Waals surface area contributed by atoms with Crippen LogP contribution in [0.2, 0.25) is 0 Å². The van der Waals surface area contributed by atoms with E-state index in [1.807, 2.05) is 0 Å². The van der Waals surface area contributed by atoms with Gasteiger partial charge in [0.1, 0.15) is 0 Å². The first-order chi connectivity index (χ1) is 8.47. The molecule has 3 heteroatoms. The normalized spacial score (nSPS) is 21.8. The first-order valence-electron chi connectivity index (χ1n) is 7.48. The summed E-state index contributed by atoms with van der Waals surface area (Å²) in [6, 6.07) is 0. The van der Waals surface area contributed by atoms with E-state index in [0.29, 0.717) is 10.2 Å². The fourth-order valence-electron chi connectivity index (χ4n) is 2.85. The molecule has 0 aromatic rings. The Morgan fingerprint density at radius 3 is 2.44 bits per heavy atom. The van der Waals surface area contributed by atoms with Crippen molar-refractivity contribution in [1.82, 2.24) is 10.2 Å². The van der Waals surface area contributed by atoms with Crippen LogP contribution in [0.15, 0.2) is 0 Å². The van der Waals surface area contributed by atoms with Gasteiger partial charge in [-0.15, -0.1) is 0 Å². The zero-order chi connectivity index (χ0) is 13.6. The molecule has 0 unspecified atom stereocenters. The third-order valence-corrected chi connectivity index (χ3v) is 5.91. The average molecular weight is 273 g/mol. The summed E-state index contributed by atoms with van der Waals surface area (Å²) in [7, 11) is 2.08. The molecule has 108 valence electrons. The molecule has 0 radical (unpaired) electrons. The summed E-state index contributed by atoms with van der Waals surface area (Å²) >= 11 is 2.14. The molecule has 2 nitrogen and oxygen atoms in total. The highest BCUT2D eigenvalue weighted by atomic mass is 32.2. The van der Waals surface area contributed by atoms with E-state index in [4.69, 9.17) is 0 Å². The molecule has 1 saturated heterocycles. The third-order valence-electron chi connectivity index (χ3n) is 4.54. The molecule has 1 fully saturated rings. The second-order valence-corrected chi connectivity index (χ2v) is 8.17. The van der Waals surface area contributed by atoms with Crippen LogP contribution < -0.4 is 5.32 Å². The summed E-state index contributed by atoms with van der Waals surface area (Å²) < 4.78 is 0.471. The smallest absolute Gasteiger partial charge is 0.0116 e. The summed E-state index contributed by atoms with van der Waals surface area (Å²) in [5, 5.41) is 3.40. The molecule has 0 aromatic carbocycles. The lowest BCUT2D eigenvalue weighted by molar-refractivity contribution is 0.140. The standard InChI is InChI=1S/C15H32N2S/c1-6-15(7-2,12-16-5)13-17-9-8-14(3,4)18-11-10-17/h16H,6-13H2,1-5H3. The molecular formula is C15H32N2S. The number of nitrogens with zero attached hydrogens (tertiary/aromatic N) is 1. The Bertz CT molecular complexity index is 237. The molecule has 18 heavy (non-hydrogen) atoms. The van der Waals surface area contributed by atoms with E-state index in [0.717, 1.165) is 6.54 Å². The van der Waals surface area contributed by atoms with Gasteiger partial charge < -0.3 is 10.2 Å². The van der Waals surface area contributed by atoms with Crippen LogP contribution in [-0.2, 0) is 0 Å². The fraction of sp³-hybridized carbons (Fsp3) is 1.00. The molecule has 1 aliphatic rings. The van der Waals surface area contributed by atoms with Gasteiger partial charge in [0.15, 0.2) is 0 Å². The monoisotopic (exact) mass is 272 g/mol. The van der Waals surface area contributed by atoms with Gasteiger partial charge in [-0.1, -0.05) is 27.7 Å². The molecular weight excluding hydrogens is 240 g/mol. The maximum Gasteiger partial charge on any atom is 0.0116 e. The van der Waals surface area contributed by atoms with E-state index in [1.165, 1.54) is 44.6 Å². The molecule has 0 aliphatic carbocycles. The first-order valence-corrected chi connectivity index (χ1v) is 8.46. The largest absolute Gasteiger partial charge is 0.319 e. The first kappa shape index (κ1) is 16.3. The highest BCUT2D eigenvalue weighted by molar-refractivity contribution is 8.00. The van der Waals surface area contributed by atoms with Gasteiger partial charge in [0.25, 0.3) is 0 Å².